The highest BCUT2D eigenvalue weighted by Gasteiger charge is 2.15. The van der Waals surface area contributed by atoms with Gasteiger partial charge in [0.05, 0.1) is 17.6 Å². The lowest BCUT2D eigenvalue weighted by molar-refractivity contribution is 0.0601. The van der Waals surface area contributed by atoms with Gasteiger partial charge < -0.3 is 4.74 Å². The zero-order valence-electron chi connectivity index (χ0n) is 11.7. The summed E-state index contributed by atoms with van der Waals surface area (Å²) in [5.74, 6) is -0.473. The molecule has 0 aliphatic rings. The van der Waals surface area contributed by atoms with Crippen LogP contribution in [0.2, 0.25) is 0 Å². The van der Waals surface area contributed by atoms with Crippen LogP contribution in [0.4, 0.5) is 5.69 Å². The summed E-state index contributed by atoms with van der Waals surface area (Å²) in [6.07, 6.45) is 0. The van der Waals surface area contributed by atoms with E-state index in [9.17, 15) is 13.2 Å². The molecule has 0 saturated heterocycles. The highest BCUT2D eigenvalue weighted by atomic mass is 79.9. The van der Waals surface area contributed by atoms with Gasteiger partial charge in [-0.05, 0) is 42.0 Å². The summed E-state index contributed by atoms with van der Waals surface area (Å²) in [5, 5.41) is 0.574. The van der Waals surface area contributed by atoms with Gasteiger partial charge in [-0.3, -0.25) is 4.72 Å². The van der Waals surface area contributed by atoms with Gasteiger partial charge in [0.15, 0.2) is 0 Å². The molecule has 0 saturated carbocycles. The van der Waals surface area contributed by atoms with E-state index >= 15 is 0 Å². The van der Waals surface area contributed by atoms with Crippen molar-refractivity contribution in [2.45, 2.75) is 10.2 Å². The maximum Gasteiger partial charge on any atom is 0.337 e. The zero-order valence-corrected chi connectivity index (χ0v) is 14.1. The molecule has 116 valence electrons. The molecule has 0 amide bonds. The van der Waals surface area contributed by atoms with E-state index in [4.69, 9.17) is 0 Å². The Hall–Kier alpha value is -1.86. The van der Waals surface area contributed by atoms with Gasteiger partial charge >= 0.3 is 5.97 Å². The molecule has 0 radical (unpaired) electrons. The number of hydrogen-bond donors (Lipinski definition) is 1. The van der Waals surface area contributed by atoms with E-state index < -0.39 is 16.0 Å². The molecule has 2 aromatic rings. The molecule has 0 bridgehead atoms. The first-order valence-corrected chi connectivity index (χ1v) is 8.93. The van der Waals surface area contributed by atoms with Crippen molar-refractivity contribution in [2.24, 2.45) is 0 Å². The molecule has 0 aromatic heterocycles. The number of methoxy groups -OCH3 is 1. The maximum absolute atomic E-state index is 12.3. The van der Waals surface area contributed by atoms with Crippen LogP contribution in [0, 0.1) is 0 Å². The number of ether oxygens (including phenoxy) is 1. The van der Waals surface area contributed by atoms with Crippen LogP contribution in [-0.4, -0.2) is 21.5 Å². The Morgan fingerprint density at radius 3 is 2.45 bits per heavy atom. The van der Waals surface area contributed by atoms with Crippen LogP contribution in [0.1, 0.15) is 15.9 Å². The largest absolute Gasteiger partial charge is 0.465 e. The number of alkyl halides is 1. The summed E-state index contributed by atoms with van der Waals surface area (Å²) >= 11 is 3.29. The number of esters is 1. The second-order valence-electron chi connectivity index (χ2n) is 4.46. The van der Waals surface area contributed by atoms with Gasteiger partial charge in [-0.25, -0.2) is 13.2 Å². The second-order valence-corrected chi connectivity index (χ2v) is 6.70. The van der Waals surface area contributed by atoms with Crippen LogP contribution in [0.3, 0.4) is 0 Å². The van der Waals surface area contributed by atoms with Crippen LogP contribution in [0.15, 0.2) is 53.4 Å². The molecule has 2 rings (SSSR count). The van der Waals surface area contributed by atoms with E-state index in [0.717, 1.165) is 5.56 Å². The fourth-order valence-electron chi connectivity index (χ4n) is 1.80. The normalized spacial score (nSPS) is 11.0. The third kappa shape index (κ3) is 3.86. The number of anilines is 1. The second kappa shape index (κ2) is 6.93. The van der Waals surface area contributed by atoms with Gasteiger partial charge in [0.1, 0.15) is 0 Å². The van der Waals surface area contributed by atoms with Crippen LogP contribution in [-0.2, 0) is 20.1 Å². The van der Waals surface area contributed by atoms with Crippen molar-refractivity contribution in [3.8, 4) is 0 Å². The van der Waals surface area contributed by atoms with Gasteiger partial charge in [-0.2, -0.15) is 0 Å². The Labute approximate surface area is 137 Å². The lowest BCUT2D eigenvalue weighted by atomic mass is 10.2. The summed E-state index contributed by atoms with van der Waals surface area (Å²) in [7, 11) is -2.38. The van der Waals surface area contributed by atoms with Crippen molar-refractivity contribution >= 4 is 37.6 Å². The smallest absolute Gasteiger partial charge is 0.337 e. The average Bonchev–Trinajstić information content (AvgIpc) is 2.54. The fourth-order valence-corrected chi connectivity index (χ4v) is 3.28. The molecule has 0 atom stereocenters. The van der Waals surface area contributed by atoms with Gasteiger partial charge in [0.25, 0.3) is 10.0 Å². The third-order valence-electron chi connectivity index (χ3n) is 2.92. The molecule has 22 heavy (non-hydrogen) atoms. The lowest BCUT2D eigenvalue weighted by Gasteiger charge is -2.09. The fraction of sp³-hybridized carbons (Fsp3) is 0.133. The van der Waals surface area contributed by atoms with Crippen LogP contribution in [0.5, 0.6) is 0 Å². The summed E-state index contributed by atoms with van der Waals surface area (Å²) in [6, 6.07) is 12.7. The lowest BCUT2D eigenvalue weighted by Crippen LogP contribution is -2.13. The van der Waals surface area contributed by atoms with Gasteiger partial charge in [-0.15, -0.1) is 0 Å². The Morgan fingerprint density at radius 1 is 1.18 bits per heavy atom. The van der Waals surface area contributed by atoms with Crippen molar-refractivity contribution in [3.05, 3.63) is 59.7 Å². The molecule has 7 heteroatoms. The third-order valence-corrected chi connectivity index (χ3v) is 4.95. The molecular formula is C15H14BrNO4S. The van der Waals surface area contributed by atoms with Crippen molar-refractivity contribution in [3.63, 3.8) is 0 Å². The van der Waals surface area contributed by atoms with Crippen molar-refractivity contribution in [1.82, 2.24) is 0 Å². The average molecular weight is 384 g/mol. The topological polar surface area (TPSA) is 72.5 Å². The Kier molecular flexibility index (Phi) is 5.20. The SMILES string of the molecule is COC(=O)c1ccc(NS(=O)(=O)c2cccc(CBr)c2)cc1. The number of carbonyl (C=O) groups excluding carboxylic acids is 1. The first-order chi connectivity index (χ1) is 10.5. The predicted octanol–water partition coefficient (Wildman–Crippen LogP) is 3.17. The summed E-state index contributed by atoms with van der Waals surface area (Å²) in [4.78, 5) is 11.5. The molecule has 5 nitrogen and oxygen atoms in total. The molecular weight excluding hydrogens is 370 g/mol. The van der Waals surface area contributed by atoms with Gasteiger partial charge in [0.2, 0.25) is 0 Å². The van der Waals surface area contributed by atoms with Crippen molar-refractivity contribution in [1.29, 1.82) is 0 Å². The van der Waals surface area contributed by atoms with E-state index in [1.807, 2.05) is 6.07 Å². The van der Waals surface area contributed by atoms with E-state index in [2.05, 4.69) is 25.4 Å². The van der Waals surface area contributed by atoms with E-state index in [1.165, 1.54) is 37.4 Å². The molecule has 0 aliphatic carbocycles. The summed E-state index contributed by atoms with van der Waals surface area (Å²) < 4.78 is 31.7. The van der Waals surface area contributed by atoms with Gasteiger partial charge in [0, 0.05) is 11.0 Å². The predicted molar refractivity (Wildman–Crippen MR) is 87.7 cm³/mol. The molecule has 0 spiro atoms. The molecule has 0 unspecified atom stereocenters. The number of sulfonamides is 1. The standard InChI is InChI=1S/C15H14BrNO4S/c1-21-15(18)12-5-7-13(8-6-12)17-22(19,20)14-4-2-3-11(9-14)10-16/h2-9,17H,10H2,1H3. The monoisotopic (exact) mass is 383 g/mol. The van der Waals surface area contributed by atoms with E-state index in [0.29, 0.717) is 16.6 Å². The van der Waals surface area contributed by atoms with Crippen LogP contribution in [0.25, 0.3) is 0 Å². The number of carbonyl (C=O) groups is 1. The minimum absolute atomic E-state index is 0.182. The Balaban J connectivity index is 2.23. The number of halogens is 1. The highest BCUT2D eigenvalue weighted by Crippen LogP contribution is 2.19. The quantitative estimate of drug-likeness (QED) is 0.635. The van der Waals surface area contributed by atoms with Crippen molar-refractivity contribution < 1.29 is 17.9 Å². The minimum atomic E-state index is -3.67. The van der Waals surface area contributed by atoms with E-state index in [1.54, 1.807) is 12.1 Å². The first-order valence-electron chi connectivity index (χ1n) is 6.32. The number of nitrogens with one attached hydrogen (secondary N) is 1. The number of hydrogen-bond acceptors (Lipinski definition) is 4. The minimum Gasteiger partial charge on any atom is -0.465 e. The zero-order chi connectivity index (χ0) is 16.2. The van der Waals surface area contributed by atoms with Crippen LogP contribution >= 0.6 is 15.9 Å². The molecule has 0 fully saturated rings. The van der Waals surface area contributed by atoms with Crippen molar-refractivity contribution in [2.75, 3.05) is 11.8 Å². The number of rotatable bonds is 5. The van der Waals surface area contributed by atoms with Gasteiger partial charge in [-0.1, -0.05) is 28.1 Å². The molecule has 0 aliphatic heterocycles. The molecule has 1 N–H and O–H groups in total. The van der Waals surface area contributed by atoms with Crippen LogP contribution < -0.4 is 4.72 Å². The molecule has 0 heterocycles. The Bertz CT molecular complexity index is 772. The Morgan fingerprint density at radius 2 is 1.86 bits per heavy atom. The molecule has 2 aromatic carbocycles. The first kappa shape index (κ1) is 16.5. The van der Waals surface area contributed by atoms with E-state index in [-0.39, 0.29) is 4.90 Å². The number of benzene rings is 2. The summed E-state index contributed by atoms with van der Waals surface area (Å²) in [6.45, 7) is 0. The highest BCUT2D eigenvalue weighted by molar-refractivity contribution is 9.08. The summed E-state index contributed by atoms with van der Waals surface area (Å²) in [5.41, 5.74) is 1.59. The maximum atomic E-state index is 12.3.